The van der Waals surface area contributed by atoms with Gasteiger partial charge in [-0.3, -0.25) is 4.79 Å². The Morgan fingerprint density at radius 1 is 1.88 bits per heavy atom. The van der Waals surface area contributed by atoms with Gasteiger partial charge in [0.2, 0.25) is 0 Å². The standard InChI is InChI=1S/C4H6FNO2/c1-2(5)3(6)4(7)8/h3H,1,6H2,(H,7,8). The molecule has 0 saturated carbocycles. The highest BCUT2D eigenvalue weighted by Gasteiger charge is 2.13. The van der Waals surface area contributed by atoms with E-state index in [-0.39, 0.29) is 0 Å². The largest absolute Gasteiger partial charge is 0.480 e. The minimum Gasteiger partial charge on any atom is -0.480 e. The van der Waals surface area contributed by atoms with Crippen LogP contribution in [0.25, 0.3) is 0 Å². The molecular formula is C4H6FNO2. The van der Waals surface area contributed by atoms with Crippen LogP contribution in [0.2, 0.25) is 0 Å². The first-order valence-electron chi connectivity index (χ1n) is 1.88. The highest BCUT2D eigenvalue weighted by atomic mass is 19.1. The van der Waals surface area contributed by atoms with Crippen molar-refractivity contribution in [1.82, 2.24) is 0 Å². The summed E-state index contributed by atoms with van der Waals surface area (Å²) < 4.78 is 11.6. The van der Waals surface area contributed by atoms with Crippen molar-refractivity contribution in [2.75, 3.05) is 0 Å². The predicted octanol–water partition coefficient (Wildman–Crippen LogP) is -0.119. The highest BCUT2D eigenvalue weighted by molar-refractivity contribution is 5.76. The number of carboxylic acid groups (broad SMARTS) is 1. The zero-order chi connectivity index (χ0) is 6.73. The average Bonchev–Trinajstić information content (AvgIpc) is 1.64. The number of halogens is 1. The first-order valence-corrected chi connectivity index (χ1v) is 1.88. The van der Waals surface area contributed by atoms with Gasteiger partial charge in [0.15, 0.2) is 6.04 Å². The molecular weight excluding hydrogens is 113 g/mol. The predicted molar refractivity (Wildman–Crippen MR) is 25.9 cm³/mol. The molecule has 0 saturated heterocycles. The van der Waals surface area contributed by atoms with E-state index in [1.807, 2.05) is 0 Å². The smallest absolute Gasteiger partial charge is 0.327 e. The second-order valence-electron chi connectivity index (χ2n) is 1.26. The van der Waals surface area contributed by atoms with E-state index in [1.54, 1.807) is 0 Å². The van der Waals surface area contributed by atoms with Gasteiger partial charge in [-0.25, -0.2) is 4.39 Å². The molecule has 0 aliphatic heterocycles. The number of rotatable bonds is 2. The molecule has 0 aliphatic carbocycles. The molecule has 0 amide bonds. The van der Waals surface area contributed by atoms with Crippen molar-refractivity contribution in [1.29, 1.82) is 0 Å². The summed E-state index contributed by atoms with van der Waals surface area (Å²) >= 11 is 0. The van der Waals surface area contributed by atoms with Gasteiger partial charge in [-0.1, -0.05) is 6.58 Å². The minimum absolute atomic E-state index is 1.03. The third-order valence-electron chi connectivity index (χ3n) is 0.604. The van der Waals surface area contributed by atoms with Gasteiger partial charge in [0.1, 0.15) is 5.83 Å². The Kier molecular flexibility index (Phi) is 2.15. The van der Waals surface area contributed by atoms with Crippen LogP contribution in [-0.4, -0.2) is 17.1 Å². The summed E-state index contributed by atoms with van der Waals surface area (Å²) in [5.41, 5.74) is 4.69. The molecule has 0 fully saturated rings. The van der Waals surface area contributed by atoms with Crippen LogP contribution in [0, 0.1) is 0 Å². The van der Waals surface area contributed by atoms with Crippen molar-refractivity contribution >= 4 is 5.97 Å². The minimum atomic E-state index is -1.57. The van der Waals surface area contributed by atoms with Crippen LogP contribution in [0.5, 0.6) is 0 Å². The lowest BCUT2D eigenvalue weighted by Crippen LogP contribution is -2.30. The van der Waals surface area contributed by atoms with E-state index in [0.717, 1.165) is 0 Å². The van der Waals surface area contributed by atoms with Crippen LogP contribution in [0.3, 0.4) is 0 Å². The molecule has 0 rings (SSSR count). The molecule has 0 aromatic heterocycles. The Hall–Kier alpha value is -0.900. The van der Waals surface area contributed by atoms with Gasteiger partial charge >= 0.3 is 5.97 Å². The summed E-state index contributed by atoms with van der Waals surface area (Å²) in [5, 5.41) is 7.93. The summed E-state index contributed by atoms with van der Waals surface area (Å²) in [6.07, 6.45) is 0. The number of carboxylic acids is 1. The SMILES string of the molecule is C=C(F)C(N)C(=O)O. The second-order valence-corrected chi connectivity index (χ2v) is 1.26. The van der Waals surface area contributed by atoms with E-state index in [4.69, 9.17) is 5.11 Å². The Labute approximate surface area is 45.6 Å². The molecule has 0 heterocycles. The summed E-state index contributed by atoms with van der Waals surface area (Å²) in [7, 11) is 0. The maximum atomic E-state index is 11.6. The molecule has 0 radical (unpaired) electrons. The van der Waals surface area contributed by atoms with Crippen LogP contribution < -0.4 is 5.73 Å². The van der Waals surface area contributed by atoms with Crippen LogP contribution >= 0.6 is 0 Å². The molecule has 0 aliphatic rings. The summed E-state index contributed by atoms with van der Waals surface area (Å²) in [6.45, 7) is 2.70. The van der Waals surface area contributed by atoms with Crippen molar-refractivity contribution in [3.05, 3.63) is 12.4 Å². The lowest BCUT2D eigenvalue weighted by atomic mass is 10.3. The number of hydrogen-bond acceptors (Lipinski definition) is 2. The van der Waals surface area contributed by atoms with Gasteiger partial charge in [0, 0.05) is 0 Å². The van der Waals surface area contributed by atoms with E-state index in [2.05, 4.69) is 12.3 Å². The van der Waals surface area contributed by atoms with E-state index >= 15 is 0 Å². The molecule has 3 nitrogen and oxygen atoms in total. The van der Waals surface area contributed by atoms with Crippen molar-refractivity contribution in [2.24, 2.45) is 5.73 Å². The van der Waals surface area contributed by atoms with Crippen LogP contribution in [-0.2, 0) is 4.79 Å². The molecule has 0 aromatic rings. The zero-order valence-electron chi connectivity index (χ0n) is 4.10. The fraction of sp³-hybridized carbons (Fsp3) is 0.250. The number of nitrogens with two attached hydrogens (primary N) is 1. The molecule has 8 heavy (non-hydrogen) atoms. The van der Waals surface area contributed by atoms with Gasteiger partial charge in [-0.2, -0.15) is 0 Å². The summed E-state index contributed by atoms with van der Waals surface area (Å²) in [4.78, 5) is 9.71. The van der Waals surface area contributed by atoms with Gasteiger partial charge in [0.25, 0.3) is 0 Å². The Morgan fingerprint density at radius 3 is 2.25 bits per heavy atom. The fourth-order valence-corrected chi connectivity index (χ4v) is 0.134. The molecule has 1 atom stereocenters. The summed E-state index contributed by atoms with van der Waals surface area (Å²) in [6, 6.07) is -1.57. The molecule has 0 spiro atoms. The molecule has 0 aromatic carbocycles. The Bertz CT molecular complexity index is 109. The second kappa shape index (κ2) is 2.42. The number of carbonyl (C=O) groups is 1. The number of aliphatic carboxylic acids is 1. The van der Waals surface area contributed by atoms with E-state index in [9.17, 15) is 9.18 Å². The average molecular weight is 119 g/mol. The quantitative estimate of drug-likeness (QED) is 0.532. The van der Waals surface area contributed by atoms with E-state index in [1.165, 1.54) is 0 Å². The Morgan fingerprint density at radius 2 is 2.25 bits per heavy atom. The lowest BCUT2D eigenvalue weighted by Gasteiger charge is -1.98. The number of hydrogen-bond donors (Lipinski definition) is 2. The monoisotopic (exact) mass is 119 g/mol. The van der Waals surface area contributed by atoms with Gasteiger partial charge < -0.3 is 10.8 Å². The lowest BCUT2D eigenvalue weighted by molar-refractivity contribution is -0.137. The molecule has 1 unspecified atom stereocenters. The van der Waals surface area contributed by atoms with Gasteiger partial charge in [-0.15, -0.1) is 0 Å². The molecule has 4 heteroatoms. The zero-order valence-corrected chi connectivity index (χ0v) is 4.10. The van der Waals surface area contributed by atoms with Gasteiger partial charge in [-0.05, 0) is 0 Å². The third kappa shape index (κ3) is 1.70. The summed E-state index contributed by atoms with van der Waals surface area (Å²) in [5.74, 6) is -2.44. The first kappa shape index (κ1) is 7.10. The molecule has 3 N–H and O–H groups in total. The molecule has 0 bridgehead atoms. The molecule has 46 valence electrons. The Balaban J connectivity index is 3.83. The topological polar surface area (TPSA) is 63.3 Å². The maximum absolute atomic E-state index is 11.6. The van der Waals surface area contributed by atoms with E-state index < -0.39 is 17.8 Å². The van der Waals surface area contributed by atoms with Crippen LogP contribution in [0.1, 0.15) is 0 Å². The first-order chi connectivity index (χ1) is 3.55. The van der Waals surface area contributed by atoms with Gasteiger partial charge in [0.05, 0.1) is 0 Å². The third-order valence-corrected chi connectivity index (χ3v) is 0.604. The van der Waals surface area contributed by atoms with E-state index in [0.29, 0.717) is 0 Å². The van der Waals surface area contributed by atoms with Crippen molar-refractivity contribution < 1.29 is 14.3 Å². The van der Waals surface area contributed by atoms with Crippen molar-refractivity contribution in [3.8, 4) is 0 Å². The van der Waals surface area contributed by atoms with Crippen molar-refractivity contribution in [2.45, 2.75) is 6.04 Å². The fourth-order valence-electron chi connectivity index (χ4n) is 0.134. The highest BCUT2D eigenvalue weighted by Crippen LogP contribution is 1.95. The van der Waals surface area contributed by atoms with Crippen LogP contribution in [0.15, 0.2) is 12.4 Å². The van der Waals surface area contributed by atoms with Crippen molar-refractivity contribution in [3.63, 3.8) is 0 Å². The van der Waals surface area contributed by atoms with Crippen LogP contribution in [0.4, 0.5) is 4.39 Å². The normalized spacial score (nSPS) is 12.8. The maximum Gasteiger partial charge on any atom is 0.327 e.